The van der Waals surface area contributed by atoms with Gasteiger partial charge in [-0.15, -0.1) is 0 Å². The average molecular weight is 220 g/mol. The van der Waals surface area contributed by atoms with Crippen molar-refractivity contribution in [1.29, 1.82) is 0 Å². The molecule has 0 aliphatic carbocycles. The molecule has 5 nitrogen and oxygen atoms in total. The van der Waals surface area contributed by atoms with E-state index in [4.69, 9.17) is 13.3 Å². The van der Waals surface area contributed by atoms with Crippen molar-refractivity contribution in [3.05, 3.63) is 11.3 Å². The van der Waals surface area contributed by atoms with E-state index in [1.165, 1.54) is 28.4 Å². The van der Waals surface area contributed by atoms with Crippen LogP contribution >= 0.6 is 0 Å². The van der Waals surface area contributed by atoms with Crippen LogP contribution in [0, 0.1) is 0 Å². The molecule has 0 unspecified atom stereocenters. The standard InChI is InChI=1S/C8H16O5Si/c1-7(8(9)10-2)6-14(11-3,12-4)13-5/h6H,1-5H3. The van der Waals surface area contributed by atoms with Crippen molar-refractivity contribution in [2.45, 2.75) is 6.92 Å². The number of hydrogen-bond acceptors (Lipinski definition) is 5. The molecule has 0 aliphatic heterocycles. The lowest BCUT2D eigenvalue weighted by molar-refractivity contribution is -0.136. The number of rotatable bonds is 5. The van der Waals surface area contributed by atoms with Gasteiger partial charge < -0.3 is 18.0 Å². The first-order valence-electron chi connectivity index (χ1n) is 3.98. The number of ether oxygens (including phenoxy) is 1. The summed E-state index contributed by atoms with van der Waals surface area (Å²) in [6.45, 7) is 1.62. The molecule has 0 saturated heterocycles. The van der Waals surface area contributed by atoms with Crippen molar-refractivity contribution in [2.24, 2.45) is 0 Å². The fourth-order valence-corrected chi connectivity index (χ4v) is 2.41. The van der Waals surface area contributed by atoms with Crippen LogP contribution in [0.25, 0.3) is 0 Å². The molecule has 14 heavy (non-hydrogen) atoms. The van der Waals surface area contributed by atoms with Gasteiger partial charge in [0, 0.05) is 26.9 Å². The fourth-order valence-electron chi connectivity index (χ4n) is 0.912. The Kier molecular flexibility index (Phi) is 5.62. The Morgan fingerprint density at radius 3 is 1.79 bits per heavy atom. The smallest absolute Gasteiger partial charge is 0.466 e. The third-order valence-corrected chi connectivity index (χ3v) is 4.25. The zero-order chi connectivity index (χ0) is 11.2. The molecule has 0 atom stereocenters. The highest BCUT2D eigenvalue weighted by Gasteiger charge is 2.36. The van der Waals surface area contributed by atoms with E-state index >= 15 is 0 Å². The van der Waals surface area contributed by atoms with Crippen LogP contribution in [0.1, 0.15) is 6.92 Å². The van der Waals surface area contributed by atoms with E-state index < -0.39 is 14.8 Å². The van der Waals surface area contributed by atoms with Crippen molar-refractivity contribution >= 4 is 14.8 Å². The van der Waals surface area contributed by atoms with Gasteiger partial charge >= 0.3 is 14.8 Å². The summed E-state index contributed by atoms with van der Waals surface area (Å²) in [5, 5.41) is 0. The molecule has 82 valence electrons. The number of methoxy groups -OCH3 is 1. The maximum atomic E-state index is 11.1. The summed E-state index contributed by atoms with van der Waals surface area (Å²) in [5.74, 6) is -0.423. The van der Waals surface area contributed by atoms with Gasteiger partial charge in [-0.25, -0.2) is 4.79 Å². The van der Waals surface area contributed by atoms with Gasteiger partial charge in [0.05, 0.1) is 7.11 Å². The van der Waals surface area contributed by atoms with Gasteiger partial charge in [-0.1, -0.05) is 0 Å². The van der Waals surface area contributed by atoms with Crippen molar-refractivity contribution in [1.82, 2.24) is 0 Å². The summed E-state index contributed by atoms with van der Waals surface area (Å²) in [4.78, 5) is 11.1. The second-order valence-corrected chi connectivity index (χ2v) is 5.26. The van der Waals surface area contributed by atoms with Crippen molar-refractivity contribution in [3.63, 3.8) is 0 Å². The highest BCUT2D eigenvalue weighted by Crippen LogP contribution is 2.11. The predicted octanol–water partition coefficient (Wildman–Crippen LogP) is 0.523. The van der Waals surface area contributed by atoms with Crippen LogP contribution in [0.2, 0.25) is 0 Å². The molecular formula is C8H16O5Si. The number of carbonyl (C=O) groups is 1. The molecule has 0 bridgehead atoms. The van der Waals surface area contributed by atoms with Crippen LogP contribution in [0.5, 0.6) is 0 Å². The minimum absolute atomic E-state index is 0.407. The minimum Gasteiger partial charge on any atom is -0.466 e. The monoisotopic (exact) mass is 220 g/mol. The van der Waals surface area contributed by atoms with Gasteiger partial charge in [0.1, 0.15) is 0 Å². The van der Waals surface area contributed by atoms with E-state index in [-0.39, 0.29) is 0 Å². The molecule has 0 aromatic carbocycles. The molecule has 0 rings (SSSR count). The maximum Gasteiger partial charge on any atom is 0.529 e. The van der Waals surface area contributed by atoms with Gasteiger partial charge in [-0.05, 0) is 12.6 Å². The average Bonchev–Trinajstić information content (AvgIpc) is 2.24. The van der Waals surface area contributed by atoms with Gasteiger partial charge in [0.25, 0.3) is 0 Å². The Labute approximate surface area is 85.0 Å². The highest BCUT2D eigenvalue weighted by molar-refractivity contribution is 6.66. The van der Waals surface area contributed by atoms with E-state index in [0.29, 0.717) is 5.57 Å². The molecular weight excluding hydrogens is 204 g/mol. The van der Waals surface area contributed by atoms with Crippen LogP contribution in [-0.4, -0.2) is 43.2 Å². The third kappa shape index (κ3) is 3.22. The Balaban J connectivity index is 4.79. The highest BCUT2D eigenvalue weighted by atomic mass is 28.4. The topological polar surface area (TPSA) is 54.0 Å². The Morgan fingerprint density at radius 2 is 1.50 bits per heavy atom. The molecule has 0 radical (unpaired) electrons. The first-order valence-corrected chi connectivity index (χ1v) is 5.78. The van der Waals surface area contributed by atoms with E-state index in [2.05, 4.69) is 4.74 Å². The molecule has 0 heterocycles. The first kappa shape index (κ1) is 13.3. The summed E-state index contributed by atoms with van der Waals surface area (Å²) in [6, 6.07) is 0. The minimum atomic E-state index is -2.82. The number of esters is 1. The van der Waals surface area contributed by atoms with Gasteiger partial charge in [0.2, 0.25) is 0 Å². The second-order valence-electron chi connectivity index (χ2n) is 2.53. The normalized spacial score (nSPS) is 12.8. The van der Waals surface area contributed by atoms with Crippen LogP contribution in [0.3, 0.4) is 0 Å². The SMILES string of the molecule is COC(=O)C(C)=C[Si](OC)(OC)OC. The van der Waals surface area contributed by atoms with E-state index in [9.17, 15) is 4.79 Å². The molecule has 0 N–H and O–H groups in total. The summed E-state index contributed by atoms with van der Waals surface area (Å²) in [5.41, 5.74) is 1.95. The van der Waals surface area contributed by atoms with E-state index in [1.54, 1.807) is 12.6 Å². The molecule has 0 aromatic rings. The predicted molar refractivity (Wildman–Crippen MR) is 52.6 cm³/mol. The molecule has 6 heteroatoms. The zero-order valence-corrected chi connectivity index (χ0v) is 10.1. The Hall–Kier alpha value is -0.693. The van der Waals surface area contributed by atoms with Crippen LogP contribution in [0.15, 0.2) is 11.3 Å². The molecule has 0 aliphatic rings. The lowest BCUT2D eigenvalue weighted by Gasteiger charge is -2.21. The van der Waals surface area contributed by atoms with E-state index in [0.717, 1.165) is 0 Å². The molecule has 0 spiro atoms. The van der Waals surface area contributed by atoms with Crippen molar-refractivity contribution < 1.29 is 22.8 Å². The van der Waals surface area contributed by atoms with Crippen LogP contribution < -0.4 is 0 Å². The summed E-state index contributed by atoms with van der Waals surface area (Å²) in [7, 11) is 2.91. The van der Waals surface area contributed by atoms with Gasteiger partial charge in [0.15, 0.2) is 0 Å². The third-order valence-electron chi connectivity index (χ3n) is 1.75. The number of hydrogen-bond donors (Lipinski definition) is 0. The zero-order valence-electron chi connectivity index (χ0n) is 9.12. The summed E-state index contributed by atoms with van der Waals surface area (Å²) in [6.07, 6.45) is 0. The summed E-state index contributed by atoms with van der Waals surface area (Å²) < 4.78 is 19.9. The fraction of sp³-hybridized carbons (Fsp3) is 0.625. The molecule has 0 amide bonds. The number of carbonyl (C=O) groups excluding carboxylic acids is 1. The van der Waals surface area contributed by atoms with Crippen molar-refractivity contribution in [2.75, 3.05) is 28.4 Å². The first-order chi connectivity index (χ1) is 6.55. The van der Waals surface area contributed by atoms with Gasteiger partial charge in [-0.3, -0.25) is 0 Å². The largest absolute Gasteiger partial charge is 0.529 e. The maximum absolute atomic E-state index is 11.1. The molecule has 0 aromatic heterocycles. The molecule has 0 fully saturated rings. The van der Waals surface area contributed by atoms with E-state index in [1.807, 2.05) is 0 Å². The Bertz CT molecular complexity index is 214. The van der Waals surface area contributed by atoms with Crippen LogP contribution in [-0.2, 0) is 22.8 Å². The lowest BCUT2D eigenvalue weighted by Crippen LogP contribution is -2.41. The van der Waals surface area contributed by atoms with Crippen molar-refractivity contribution in [3.8, 4) is 0 Å². The van der Waals surface area contributed by atoms with Crippen LogP contribution in [0.4, 0.5) is 0 Å². The molecule has 0 saturated carbocycles. The quantitative estimate of drug-likeness (QED) is 0.384. The van der Waals surface area contributed by atoms with Gasteiger partial charge in [-0.2, -0.15) is 0 Å². The lowest BCUT2D eigenvalue weighted by atomic mass is 10.4. The summed E-state index contributed by atoms with van der Waals surface area (Å²) >= 11 is 0. The second kappa shape index (κ2) is 5.92. The Morgan fingerprint density at radius 1 is 1.07 bits per heavy atom.